The average molecular weight is 829 g/mol. The molecule has 3 amide bonds. The van der Waals surface area contributed by atoms with Crippen LogP contribution in [-0.4, -0.2) is 59.2 Å². The molecule has 1 saturated carbocycles. The first-order valence-corrected chi connectivity index (χ1v) is 22.4. The van der Waals surface area contributed by atoms with Crippen molar-refractivity contribution in [3.8, 4) is 11.5 Å². The fourth-order valence-electron chi connectivity index (χ4n) is 10.5. The van der Waals surface area contributed by atoms with Crippen LogP contribution < -0.4 is 25.4 Å². The van der Waals surface area contributed by atoms with Crippen molar-refractivity contribution in [2.24, 2.45) is 10.8 Å². The number of piperidine rings is 1. The number of esters is 1. The molecule has 0 radical (unpaired) electrons. The lowest BCUT2D eigenvalue weighted by Gasteiger charge is -2.50. The molecule has 0 spiro atoms. The topological polar surface area (TPSA) is 109 Å². The number of nitrogens with one attached hydrogen (secondary N) is 3. The van der Waals surface area contributed by atoms with E-state index < -0.39 is 12.1 Å². The molecule has 4 rings (SSSR count). The van der Waals surface area contributed by atoms with Crippen LogP contribution in [0.4, 0.5) is 9.59 Å². The molecule has 2 fully saturated rings. The van der Waals surface area contributed by atoms with Gasteiger partial charge in [-0.1, -0.05) is 118 Å². The van der Waals surface area contributed by atoms with Crippen LogP contribution in [0, 0.1) is 24.7 Å². The van der Waals surface area contributed by atoms with Crippen molar-refractivity contribution < 1.29 is 23.9 Å². The van der Waals surface area contributed by atoms with Gasteiger partial charge in [-0.15, -0.1) is 0 Å². The lowest BCUT2D eigenvalue weighted by molar-refractivity contribution is -0.129. The first-order chi connectivity index (χ1) is 27.5. The smallest absolute Gasteiger partial charge is 0.412 e. The molecule has 9 heteroatoms. The second kappa shape index (κ2) is 18.2. The first kappa shape index (κ1) is 48.8. The largest absolute Gasteiger partial charge is 0.423 e. The monoisotopic (exact) mass is 829 g/mol. The molecule has 2 aromatic carbocycles. The van der Waals surface area contributed by atoms with E-state index in [9.17, 15) is 14.4 Å². The Balaban J connectivity index is 1.61. The van der Waals surface area contributed by atoms with Crippen molar-refractivity contribution in [1.82, 2.24) is 20.9 Å². The van der Waals surface area contributed by atoms with Crippen LogP contribution >= 0.6 is 0 Å². The molecule has 9 nitrogen and oxygen atoms in total. The molecule has 3 N–H and O–H groups in total. The van der Waals surface area contributed by atoms with Crippen LogP contribution in [0.15, 0.2) is 36.9 Å². The summed E-state index contributed by atoms with van der Waals surface area (Å²) in [6.45, 7) is 39.5. The van der Waals surface area contributed by atoms with Gasteiger partial charge in [0, 0.05) is 71.0 Å². The maximum atomic E-state index is 14.2. The van der Waals surface area contributed by atoms with Crippen LogP contribution in [0.25, 0.3) is 0 Å². The molecule has 2 aromatic rings. The normalized spacial score (nSPS) is 21.4. The van der Waals surface area contributed by atoms with Gasteiger partial charge in [-0.25, -0.2) is 14.4 Å². The van der Waals surface area contributed by atoms with E-state index in [0.29, 0.717) is 30.9 Å². The second-order valence-electron chi connectivity index (χ2n) is 22.9. The quantitative estimate of drug-likeness (QED) is 0.112. The van der Waals surface area contributed by atoms with Gasteiger partial charge in [0.1, 0.15) is 11.5 Å². The number of benzene rings is 2. The number of carbonyl (C=O) groups is 3. The molecule has 2 unspecified atom stereocenters. The molecule has 0 bridgehead atoms. The number of ether oxygens (including phenoxy) is 2. The van der Waals surface area contributed by atoms with Gasteiger partial charge in [-0.05, 0) is 102 Å². The minimum atomic E-state index is -0.522. The lowest BCUT2D eigenvalue weighted by Crippen LogP contribution is -2.64. The second-order valence-corrected chi connectivity index (χ2v) is 22.9. The molecule has 334 valence electrons. The Morgan fingerprint density at radius 2 is 1.33 bits per heavy atom. The maximum Gasteiger partial charge on any atom is 0.412 e. The van der Waals surface area contributed by atoms with Gasteiger partial charge in [0.2, 0.25) is 0 Å². The van der Waals surface area contributed by atoms with Gasteiger partial charge < -0.3 is 30.3 Å². The summed E-state index contributed by atoms with van der Waals surface area (Å²) in [7, 11) is 0. The third-order valence-electron chi connectivity index (χ3n) is 12.2. The highest BCUT2D eigenvalue weighted by Gasteiger charge is 2.44. The fraction of sp³-hybridized carbons (Fsp3) is 0.667. The summed E-state index contributed by atoms with van der Waals surface area (Å²) in [6.07, 6.45) is 7.26. The lowest BCUT2D eigenvalue weighted by atomic mass is 9.62. The molecule has 1 saturated heterocycles. The zero-order valence-electron chi connectivity index (χ0n) is 40.3. The SMILES string of the molecule is C=CC(=O)Oc1c(Cc2cc(C)cc(C(C)(C)C)c2OC(=O)NC2CC(C)(C)CC(C)(CNC(=O)N(CCCC)C3CC(C)(C)NC(C)(C)C3)C2)cc(C)cc1C(C)(C)C. The van der Waals surface area contributed by atoms with Crippen LogP contribution in [0.5, 0.6) is 11.5 Å². The Bertz CT molecular complexity index is 1880. The number of unbranched alkanes of at least 4 members (excludes halogenated alkanes) is 1. The summed E-state index contributed by atoms with van der Waals surface area (Å²) >= 11 is 0. The highest BCUT2D eigenvalue weighted by atomic mass is 16.6. The van der Waals surface area contributed by atoms with Crippen molar-refractivity contribution >= 4 is 18.1 Å². The van der Waals surface area contributed by atoms with Crippen LogP contribution in [0.1, 0.15) is 175 Å². The average Bonchev–Trinajstić information content (AvgIpc) is 3.06. The standard InChI is InChI=1S/C51H80N4O5/c1-18-20-21-55(38-29-49(13,14)54-50(15,16)30-38)44(57)52-32-51(17)28-37(27-48(11,12)31-51)53-45(58)60-43-36(23-34(4)25-40(43)47(8,9)10)26-35-22-33(3)24-39(46(5,6)7)42(35)59-41(56)19-2/h19,22-25,37-38,54H,2,18,20-21,26-32H2,1,3-17H3,(H,52,57)(H,53,58). The highest BCUT2D eigenvalue weighted by Crippen LogP contribution is 2.46. The summed E-state index contributed by atoms with van der Waals surface area (Å²) in [5.41, 5.74) is 4.47. The van der Waals surface area contributed by atoms with Gasteiger partial charge in [0.05, 0.1) is 0 Å². The molecule has 1 aliphatic carbocycles. The van der Waals surface area contributed by atoms with Crippen LogP contribution in [0.3, 0.4) is 0 Å². The summed E-state index contributed by atoms with van der Waals surface area (Å²) in [5, 5.41) is 10.4. The minimum Gasteiger partial charge on any atom is -0.423 e. The van der Waals surface area contributed by atoms with Gasteiger partial charge in [0.25, 0.3) is 0 Å². The third-order valence-corrected chi connectivity index (χ3v) is 12.2. The van der Waals surface area contributed by atoms with E-state index in [-0.39, 0.29) is 50.9 Å². The zero-order valence-corrected chi connectivity index (χ0v) is 40.3. The van der Waals surface area contributed by atoms with E-state index in [1.165, 1.54) is 6.08 Å². The highest BCUT2D eigenvalue weighted by molar-refractivity contribution is 5.84. The van der Waals surface area contributed by atoms with Crippen molar-refractivity contribution in [2.45, 2.75) is 196 Å². The van der Waals surface area contributed by atoms with Crippen molar-refractivity contribution in [2.75, 3.05) is 13.1 Å². The summed E-state index contributed by atoms with van der Waals surface area (Å²) in [5.74, 6) is 0.513. The molecule has 0 aromatic heterocycles. The van der Waals surface area contributed by atoms with Gasteiger partial charge in [-0.2, -0.15) is 0 Å². The summed E-state index contributed by atoms with van der Waals surface area (Å²) in [6, 6.07) is 8.27. The van der Waals surface area contributed by atoms with E-state index in [1.807, 2.05) is 13.0 Å². The zero-order chi connectivity index (χ0) is 45.2. The molecular formula is C51H80N4O5. The Kier molecular flexibility index (Phi) is 14.8. The number of hydrogen-bond acceptors (Lipinski definition) is 6. The molecule has 60 heavy (non-hydrogen) atoms. The Labute approximate surface area is 363 Å². The molecule has 1 heterocycles. The molecule has 1 aliphatic heterocycles. The van der Waals surface area contributed by atoms with E-state index >= 15 is 0 Å². The van der Waals surface area contributed by atoms with Gasteiger partial charge >= 0.3 is 18.1 Å². The van der Waals surface area contributed by atoms with Crippen molar-refractivity contribution in [1.29, 1.82) is 0 Å². The predicted molar refractivity (Wildman–Crippen MR) is 246 cm³/mol. The number of hydrogen-bond donors (Lipinski definition) is 3. The van der Waals surface area contributed by atoms with E-state index in [2.05, 4.69) is 149 Å². The number of carbonyl (C=O) groups excluding carboxylic acids is 3. The fourth-order valence-corrected chi connectivity index (χ4v) is 10.5. The van der Waals surface area contributed by atoms with Crippen molar-refractivity contribution in [3.05, 3.63) is 70.3 Å². The number of rotatable bonds is 12. The third kappa shape index (κ3) is 13.1. The maximum absolute atomic E-state index is 14.2. The predicted octanol–water partition coefficient (Wildman–Crippen LogP) is 11.4. The molecular weight excluding hydrogens is 749 g/mol. The summed E-state index contributed by atoms with van der Waals surface area (Å²) < 4.78 is 12.4. The van der Waals surface area contributed by atoms with Crippen molar-refractivity contribution in [3.63, 3.8) is 0 Å². The summed E-state index contributed by atoms with van der Waals surface area (Å²) in [4.78, 5) is 43.1. The number of amides is 3. The van der Waals surface area contributed by atoms with Gasteiger partial charge in [0.15, 0.2) is 0 Å². The Morgan fingerprint density at radius 1 is 0.817 bits per heavy atom. The number of nitrogens with zero attached hydrogens (tertiary/aromatic N) is 1. The van der Waals surface area contributed by atoms with E-state index in [1.54, 1.807) is 0 Å². The van der Waals surface area contributed by atoms with Crippen LogP contribution in [0.2, 0.25) is 0 Å². The Hall–Kier alpha value is -3.85. The van der Waals surface area contributed by atoms with Crippen LogP contribution in [-0.2, 0) is 22.0 Å². The minimum absolute atomic E-state index is 0.00253. The van der Waals surface area contributed by atoms with Gasteiger partial charge in [-0.3, -0.25) is 0 Å². The molecule has 2 atom stereocenters. The van der Waals surface area contributed by atoms with E-state index in [4.69, 9.17) is 9.47 Å². The number of urea groups is 1. The molecule has 2 aliphatic rings. The van der Waals surface area contributed by atoms with E-state index in [0.717, 1.165) is 78.5 Å². The number of aryl methyl sites for hydroxylation is 2. The first-order valence-electron chi connectivity index (χ1n) is 22.4. The Morgan fingerprint density at radius 3 is 1.82 bits per heavy atom.